The predicted molar refractivity (Wildman–Crippen MR) is 90.4 cm³/mol. The van der Waals surface area contributed by atoms with Crippen molar-refractivity contribution in [2.45, 2.75) is 19.9 Å². The summed E-state index contributed by atoms with van der Waals surface area (Å²) in [7, 11) is 0. The summed E-state index contributed by atoms with van der Waals surface area (Å²) in [5, 5.41) is 3.85. The quantitative estimate of drug-likeness (QED) is 0.699. The zero-order valence-corrected chi connectivity index (χ0v) is 13.6. The first-order valence-corrected chi connectivity index (χ1v) is 7.89. The van der Waals surface area contributed by atoms with Crippen molar-refractivity contribution >= 4 is 5.91 Å². The Labute approximate surface area is 140 Å². The third-order valence-electron chi connectivity index (χ3n) is 3.73. The Bertz CT molecular complexity index is 785. The van der Waals surface area contributed by atoms with Crippen LogP contribution in [0, 0.1) is 6.92 Å². The van der Waals surface area contributed by atoms with Crippen molar-refractivity contribution < 1.29 is 9.32 Å². The summed E-state index contributed by atoms with van der Waals surface area (Å²) in [5.74, 6) is 0.479. The number of rotatable bonds is 6. The van der Waals surface area contributed by atoms with Gasteiger partial charge in [-0.2, -0.15) is 0 Å². The normalized spacial score (nSPS) is 10.5. The molecule has 5 heteroatoms. The molecule has 1 amide bonds. The molecule has 0 atom stereocenters. The second-order valence-electron chi connectivity index (χ2n) is 5.61. The summed E-state index contributed by atoms with van der Waals surface area (Å²) in [6.45, 7) is 2.81. The predicted octanol–water partition coefficient (Wildman–Crippen LogP) is 3.26. The molecule has 0 aliphatic carbocycles. The number of benzene rings is 1. The lowest BCUT2D eigenvalue weighted by Gasteiger charge is -2.21. The minimum absolute atomic E-state index is 0.145. The van der Waals surface area contributed by atoms with Gasteiger partial charge in [0.2, 0.25) is 0 Å². The van der Waals surface area contributed by atoms with E-state index >= 15 is 0 Å². The molecule has 3 aromatic rings. The summed E-state index contributed by atoms with van der Waals surface area (Å²) in [5.41, 5.74) is 2.36. The molecular weight excluding hydrogens is 302 g/mol. The molecule has 3 rings (SSSR count). The van der Waals surface area contributed by atoms with Crippen LogP contribution in [0.5, 0.6) is 0 Å². The van der Waals surface area contributed by atoms with E-state index in [-0.39, 0.29) is 5.91 Å². The van der Waals surface area contributed by atoms with Crippen LogP contribution in [-0.2, 0) is 13.0 Å². The molecule has 0 saturated carbocycles. The first-order valence-electron chi connectivity index (χ1n) is 7.89. The zero-order valence-electron chi connectivity index (χ0n) is 13.6. The van der Waals surface area contributed by atoms with Crippen molar-refractivity contribution in [1.29, 1.82) is 0 Å². The highest BCUT2D eigenvalue weighted by Gasteiger charge is 2.20. The van der Waals surface area contributed by atoms with E-state index in [1.165, 1.54) is 5.56 Å². The summed E-state index contributed by atoms with van der Waals surface area (Å²) in [4.78, 5) is 18.8. The van der Waals surface area contributed by atoms with Crippen LogP contribution in [0.25, 0.3) is 0 Å². The lowest BCUT2D eigenvalue weighted by molar-refractivity contribution is 0.0732. The largest absolute Gasteiger partial charge is 0.361 e. The number of carbonyl (C=O) groups is 1. The highest BCUT2D eigenvalue weighted by atomic mass is 16.5. The van der Waals surface area contributed by atoms with Gasteiger partial charge in [-0.15, -0.1) is 0 Å². The van der Waals surface area contributed by atoms with Crippen molar-refractivity contribution in [3.05, 3.63) is 83.5 Å². The van der Waals surface area contributed by atoms with E-state index in [1.54, 1.807) is 24.1 Å². The second-order valence-corrected chi connectivity index (χ2v) is 5.61. The monoisotopic (exact) mass is 321 g/mol. The van der Waals surface area contributed by atoms with E-state index in [1.807, 2.05) is 36.4 Å². The third-order valence-corrected chi connectivity index (χ3v) is 3.73. The third kappa shape index (κ3) is 4.07. The molecular formula is C19H19N3O2. The van der Waals surface area contributed by atoms with Crippen molar-refractivity contribution in [3.63, 3.8) is 0 Å². The maximum atomic E-state index is 12.8. The molecule has 0 saturated heterocycles. The lowest BCUT2D eigenvalue weighted by Crippen LogP contribution is -2.33. The van der Waals surface area contributed by atoms with E-state index in [4.69, 9.17) is 4.52 Å². The molecule has 0 radical (unpaired) electrons. The summed E-state index contributed by atoms with van der Waals surface area (Å²) >= 11 is 0. The number of hydrogen-bond acceptors (Lipinski definition) is 4. The van der Waals surface area contributed by atoms with Crippen LogP contribution in [-0.4, -0.2) is 27.5 Å². The molecule has 2 heterocycles. The zero-order chi connectivity index (χ0) is 16.8. The van der Waals surface area contributed by atoms with Crippen molar-refractivity contribution in [1.82, 2.24) is 15.0 Å². The molecule has 0 N–H and O–H groups in total. The topological polar surface area (TPSA) is 59.2 Å². The van der Waals surface area contributed by atoms with Gasteiger partial charge in [0.25, 0.3) is 5.91 Å². The van der Waals surface area contributed by atoms with E-state index in [9.17, 15) is 4.79 Å². The van der Waals surface area contributed by atoms with Crippen LogP contribution in [0.2, 0.25) is 0 Å². The molecule has 0 bridgehead atoms. The molecule has 0 aliphatic heterocycles. The van der Waals surface area contributed by atoms with Crippen LogP contribution >= 0.6 is 0 Å². The summed E-state index contributed by atoms with van der Waals surface area (Å²) in [6.07, 6.45) is 2.51. The Kier molecular flexibility index (Phi) is 5.01. The number of aryl methyl sites for hydroxylation is 1. The van der Waals surface area contributed by atoms with E-state index in [0.717, 1.165) is 12.1 Å². The van der Waals surface area contributed by atoms with Crippen LogP contribution in [0.4, 0.5) is 0 Å². The number of aromatic nitrogens is 2. The Morgan fingerprint density at radius 3 is 2.58 bits per heavy atom. The van der Waals surface area contributed by atoms with Crippen LogP contribution < -0.4 is 0 Å². The Balaban J connectivity index is 1.76. The molecule has 122 valence electrons. The van der Waals surface area contributed by atoms with Gasteiger partial charge in [-0.1, -0.05) is 41.6 Å². The second kappa shape index (κ2) is 7.55. The maximum absolute atomic E-state index is 12.8. The van der Waals surface area contributed by atoms with Crippen LogP contribution in [0.15, 0.2) is 65.3 Å². The fourth-order valence-electron chi connectivity index (χ4n) is 2.48. The number of carbonyl (C=O) groups excluding carboxylic acids is 1. The standard InChI is InChI=1S/C19H19N3O2/c1-15-13-18(21-24-15)19(23)22(14-17-9-5-6-11-20-17)12-10-16-7-3-2-4-8-16/h2-9,11,13H,10,12,14H2,1H3. The van der Waals surface area contributed by atoms with E-state index in [2.05, 4.69) is 22.3 Å². The molecule has 24 heavy (non-hydrogen) atoms. The Morgan fingerprint density at radius 2 is 1.92 bits per heavy atom. The van der Waals surface area contributed by atoms with Gasteiger partial charge in [-0.3, -0.25) is 9.78 Å². The molecule has 0 unspecified atom stereocenters. The maximum Gasteiger partial charge on any atom is 0.276 e. The van der Waals surface area contributed by atoms with Gasteiger partial charge in [0.05, 0.1) is 12.2 Å². The van der Waals surface area contributed by atoms with Gasteiger partial charge < -0.3 is 9.42 Å². The molecule has 0 aliphatic rings. The number of amides is 1. The van der Waals surface area contributed by atoms with Gasteiger partial charge >= 0.3 is 0 Å². The van der Waals surface area contributed by atoms with Gasteiger partial charge in [-0.25, -0.2) is 0 Å². The highest BCUT2D eigenvalue weighted by molar-refractivity contribution is 5.92. The minimum atomic E-state index is -0.145. The van der Waals surface area contributed by atoms with Crippen LogP contribution in [0.3, 0.4) is 0 Å². The van der Waals surface area contributed by atoms with Gasteiger partial charge in [-0.05, 0) is 31.0 Å². The van der Waals surface area contributed by atoms with Crippen molar-refractivity contribution in [2.24, 2.45) is 0 Å². The van der Waals surface area contributed by atoms with Crippen molar-refractivity contribution in [2.75, 3.05) is 6.54 Å². The first-order chi connectivity index (χ1) is 11.7. The average Bonchev–Trinajstić information content (AvgIpc) is 3.06. The fourth-order valence-corrected chi connectivity index (χ4v) is 2.48. The minimum Gasteiger partial charge on any atom is -0.361 e. The number of pyridine rings is 1. The molecule has 0 spiro atoms. The molecule has 1 aromatic carbocycles. The SMILES string of the molecule is Cc1cc(C(=O)N(CCc2ccccc2)Cc2ccccn2)no1. The first kappa shape index (κ1) is 15.9. The molecule has 2 aromatic heterocycles. The van der Waals surface area contributed by atoms with Crippen molar-refractivity contribution in [3.8, 4) is 0 Å². The van der Waals surface area contributed by atoms with Gasteiger partial charge in [0.15, 0.2) is 5.69 Å². The molecule has 5 nitrogen and oxygen atoms in total. The average molecular weight is 321 g/mol. The number of hydrogen-bond donors (Lipinski definition) is 0. The van der Waals surface area contributed by atoms with E-state index < -0.39 is 0 Å². The van der Waals surface area contributed by atoms with Gasteiger partial charge in [0, 0.05) is 18.8 Å². The van der Waals surface area contributed by atoms with Gasteiger partial charge in [0.1, 0.15) is 5.76 Å². The Hall–Kier alpha value is -2.95. The summed E-state index contributed by atoms with van der Waals surface area (Å²) in [6, 6.07) is 17.5. The smallest absolute Gasteiger partial charge is 0.276 e. The summed E-state index contributed by atoms with van der Waals surface area (Å²) < 4.78 is 5.04. The highest BCUT2D eigenvalue weighted by Crippen LogP contribution is 2.11. The van der Waals surface area contributed by atoms with Crippen LogP contribution in [0.1, 0.15) is 27.5 Å². The molecule has 0 fully saturated rings. The number of nitrogens with zero attached hydrogens (tertiary/aromatic N) is 3. The lowest BCUT2D eigenvalue weighted by atomic mass is 10.1. The Morgan fingerprint density at radius 1 is 1.12 bits per heavy atom. The fraction of sp³-hybridized carbons (Fsp3) is 0.211. The van der Waals surface area contributed by atoms with E-state index in [0.29, 0.717) is 24.5 Å².